The van der Waals surface area contributed by atoms with Crippen molar-refractivity contribution < 1.29 is 53.7 Å². The number of carbonyl (C=O) groups is 1. The predicted molar refractivity (Wildman–Crippen MR) is 147 cm³/mol. The monoisotopic (exact) mass is 577 g/mol. The van der Waals surface area contributed by atoms with Gasteiger partial charge in [0.2, 0.25) is 0 Å². The van der Waals surface area contributed by atoms with E-state index in [4.69, 9.17) is 32.4 Å². The Morgan fingerprint density at radius 1 is 1.13 bits per heavy atom. The number of aryl methyl sites for hydroxylation is 2. The summed E-state index contributed by atoms with van der Waals surface area (Å²) in [5, 5.41) is 25.4. The van der Waals surface area contributed by atoms with Crippen LogP contribution >= 0.6 is 23.2 Å². The van der Waals surface area contributed by atoms with Crippen molar-refractivity contribution in [1.82, 2.24) is 0 Å². The van der Waals surface area contributed by atoms with Crippen LogP contribution in [0.4, 0.5) is 11.4 Å². The third kappa shape index (κ3) is 6.91. The van der Waals surface area contributed by atoms with Crippen molar-refractivity contribution in [1.29, 1.82) is 0 Å². The zero-order valence-corrected chi connectivity index (χ0v) is 25.6. The van der Waals surface area contributed by atoms with Crippen LogP contribution in [0.5, 0.6) is 11.5 Å². The molecule has 1 aliphatic heterocycles. The molecular weight excluding hydrogens is 552 g/mol. The first-order valence-corrected chi connectivity index (χ1v) is 12.8. The van der Waals surface area contributed by atoms with Gasteiger partial charge < -0.3 is 29.5 Å². The molecule has 0 fully saturated rings. The van der Waals surface area contributed by atoms with Gasteiger partial charge in [-0.2, -0.15) is 0 Å². The third-order valence-electron chi connectivity index (χ3n) is 6.28. The summed E-state index contributed by atoms with van der Waals surface area (Å²) in [6.45, 7) is 6.28. The molecular formula is C29H26Cl2NNaO6. The Morgan fingerprint density at radius 3 is 2.56 bits per heavy atom. The van der Waals surface area contributed by atoms with E-state index in [1.807, 2.05) is 6.92 Å². The standard InChI is InChI=1S/C15H16O4.C14H11Cl2NO2.Na/c1-8-3-4-10-12(18-7-8)6-13-14(15(10)17)11(16)5-9(2)19-13;1-8-6-7-10(15)13(12(8)16)17-11-5-3-2-4-9(11)14(18)19;/h5-6,8,17H,3-4,7H2,1-2H3;2-7,17H,1H3,(H,18,19);/q;;+1/p-1. The van der Waals surface area contributed by atoms with Crippen molar-refractivity contribution in [3.05, 3.63) is 91.3 Å². The summed E-state index contributed by atoms with van der Waals surface area (Å²) in [5.41, 5.74) is 2.66. The van der Waals surface area contributed by atoms with Gasteiger partial charge in [-0.05, 0) is 50.3 Å². The van der Waals surface area contributed by atoms with Crippen molar-refractivity contribution in [2.75, 3.05) is 11.9 Å². The number of hydrogen-bond acceptors (Lipinski definition) is 7. The van der Waals surface area contributed by atoms with Crippen LogP contribution in [-0.2, 0) is 6.42 Å². The van der Waals surface area contributed by atoms with Crippen LogP contribution in [0, 0.1) is 19.8 Å². The Balaban J connectivity index is 0.000000210. The molecule has 5 rings (SSSR count). The summed E-state index contributed by atoms with van der Waals surface area (Å²) in [6.07, 6.45) is 1.65. The number of para-hydroxylation sites is 1. The molecule has 0 radical (unpaired) electrons. The van der Waals surface area contributed by atoms with Crippen LogP contribution in [0.2, 0.25) is 10.0 Å². The molecule has 198 valence electrons. The first kappa shape index (κ1) is 30.9. The van der Waals surface area contributed by atoms with E-state index in [0.29, 0.717) is 63.0 Å². The molecule has 0 spiro atoms. The topological polar surface area (TPSA) is 112 Å². The second kappa shape index (κ2) is 13.1. The number of anilines is 2. The molecule has 1 atom stereocenters. The molecule has 0 aliphatic carbocycles. The molecule has 39 heavy (non-hydrogen) atoms. The molecule has 1 aliphatic rings. The second-order valence-electron chi connectivity index (χ2n) is 9.26. The maximum absolute atomic E-state index is 12.0. The van der Waals surface area contributed by atoms with Crippen molar-refractivity contribution >= 4 is 51.5 Å². The molecule has 1 aromatic heterocycles. The Morgan fingerprint density at radius 2 is 1.85 bits per heavy atom. The quantitative estimate of drug-likeness (QED) is 0.360. The van der Waals surface area contributed by atoms with Crippen LogP contribution in [0.3, 0.4) is 0 Å². The van der Waals surface area contributed by atoms with Gasteiger partial charge >= 0.3 is 29.6 Å². The van der Waals surface area contributed by atoms with Crippen LogP contribution in [0.1, 0.15) is 40.6 Å². The van der Waals surface area contributed by atoms with Gasteiger partial charge in [0.1, 0.15) is 28.2 Å². The van der Waals surface area contributed by atoms with Gasteiger partial charge in [-0.3, -0.25) is 4.79 Å². The first-order chi connectivity index (χ1) is 18.1. The van der Waals surface area contributed by atoms with Gasteiger partial charge in [-0.15, -0.1) is 0 Å². The second-order valence-corrected chi connectivity index (χ2v) is 10.0. The van der Waals surface area contributed by atoms with Gasteiger partial charge in [0.25, 0.3) is 0 Å². The Kier molecular flexibility index (Phi) is 10.4. The van der Waals surface area contributed by atoms with Gasteiger partial charge in [-0.25, -0.2) is 0 Å². The Labute approximate surface area is 258 Å². The first-order valence-electron chi connectivity index (χ1n) is 12.0. The molecule has 1 unspecified atom stereocenters. The molecule has 0 saturated heterocycles. The van der Waals surface area contributed by atoms with Gasteiger partial charge in [-0.1, -0.05) is 54.4 Å². The van der Waals surface area contributed by atoms with Crippen LogP contribution in [0.15, 0.2) is 57.7 Å². The number of rotatable bonds is 3. The van der Waals surface area contributed by atoms with Crippen LogP contribution < -0.4 is 50.1 Å². The largest absolute Gasteiger partial charge is 1.00 e. The molecule has 10 heteroatoms. The van der Waals surface area contributed by atoms with Gasteiger partial charge in [0.15, 0.2) is 5.43 Å². The van der Waals surface area contributed by atoms with Crippen molar-refractivity contribution in [2.45, 2.75) is 33.6 Å². The predicted octanol–water partition coefficient (Wildman–Crippen LogP) is 3.18. The van der Waals surface area contributed by atoms with E-state index >= 15 is 0 Å². The molecule has 0 saturated carbocycles. The van der Waals surface area contributed by atoms with Crippen molar-refractivity contribution in [3.8, 4) is 11.5 Å². The zero-order valence-electron chi connectivity index (χ0n) is 22.1. The number of hydrogen-bond donors (Lipinski definition) is 2. The number of ether oxygens (including phenoxy) is 1. The minimum absolute atomic E-state index is 0. The maximum atomic E-state index is 12.0. The number of fused-ring (bicyclic) bond motifs is 2. The third-order valence-corrected chi connectivity index (χ3v) is 7.08. The number of carboxylic acids is 1. The summed E-state index contributed by atoms with van der Waals surface area (Å²) in [6, 6.07) is 13.0. The van der Waals surface area contributed by atoms with E-state index in [1.54, 1.807) is 43.3 Å². The number of aromatic carboxylic acids is 1. The number of benzene rings is 3. The summed E-state index contributed by atoms with van der Waals surface area (Å²) < 4.78 is 11.2. The number of aromatic hydroxyl groups is 1. The Bertz CT molecular complexity index is 1590. The number of carbonyl (C=O) groups excluding carboxylic acids is 1. The molecule has 0 amide bonds. The number of halogens is 2. The minimum atomic E-state index is -1.26. The van der Waals surface area contributed by atoms with E-state index in [2.05, 4.69) is 12.2 Å². The summed E-state index contributed by atoms with van der Waals surface area (Å²) in [4.78, 5) is 23.0. The van der Waals surface area contributed by atoms with E-state index in [0.717, 1.165) is 12.0 Å². The SMILES string of the molecule is Cc1cc(=O)c2c(O)c3c(cc2o1)OCC(C)CC3.Cc1ccc(Cl)c(Nc2ccccc2C(=O)[O-])c1Cl.[Na+]. The van der Waals surface area contributed by atoms with Crippen LogP contribution in [-0.4, -0.2) is 17.7 Å². The summed E-state index contributed by atoms with van der Waals surface area (Å²) in [5.74, 6) is 0.334. The number of phenolic OH excluding ortho intramolecular Hbond substituents is 1. The minimum Gasteiger partial charge on any atom is -0.545 e. The van der Waals surface area contributed by atoms with E-state index in [-0.39, 0.29) is 51.7 Å². The molecule has 2 N–H and O–H groups in total. The van der Waals surface area contributed by atoms with E-state index in [1.165, 1.54) is 12.1 Å². The average molecular weight is 578 g/mol. The van der Waals surface area contributed by atoms with Gasteiger partial charge in [0, 0.05) is 28.9 Å². The fraction of sp³-hybridized carbons (Fsp3) is 0.241. The van der Waals surface area contributed by atoms with Gasteiger partial charge in [0.05, 0.1) is 28.3 Å². The number of phenols is 1. The molecule has 7 nitrogen and oxygen atoms in total. The molecule has 2 heterocycles. The smallest absolute Gasteiger partial charge is 0.545 e. The summed E-state index contributed by atoms with van der Waals surface area (Å²) >= 11 is 12.2. The van der Waals surface area contributed by atoms with Crippen LogP contribution in [0.25, 0.3) is 11.0 Å². The van der Waals surface area contributed by atoms with Crippen molar-refractivity contribution in [2.24, 2.45) is 5.92 Å². The molecule has 0 bridgehead atoms. The molecule has 3 aromatic carbocycles. The number of nitrogens with one attached hydrogen (secondary N) is 1. The van der Waals surface area contributed by atoms with Crippen molar-refractivity contribution in [3.63, 3.8) is 0 Å². The average Bonchev–Trinajstić information content (AvgIpc) is 3.06. The van der Waals surface area contributed by atoms with E-state index < -0.39 is 5.97 Å². The molecule has 4 aromatic rings. The Hall–Kier alpha value is -2.68. The fourth-order valence-corrected chi connectivity index (χ4v) is 4.66. The number of carboxylic acid groups (broad SMARTS) is 1. The van der Waals surface area contributed by atoms with E-state index in [9.17, 15) is 19.8 Å². The zero-order chi connectivity index (χ0) is 27.6. The fourth-order valence-electron chi connectivity index (χ4n) is 4.19. The normalized spacial score (nSPS) is 14.1. The maximum Gasteiger partial charge on any atom is 1.00 e. The summed E-state index contributed by atoms with van der Waals surface area (Å²) in [7, 11) is 0.